The van der Waals surface area contributed by atoms with Gasteiger partial charge in [0, 0.05) is 35.2 Å². The molecule has 18 heavy (non-hydrogen) atoms. The molecule has 5 heteroatoms. The molecule has 0 aliphatic rings. The number of hydrogen-bond donors (Lipinski definition) is 2. The summed E-state index contributed by atoms with van der Waals surface area (Å²) in [6.07, 6.45) is 3.53. The number of nitrogens with one attached hydrogen (secondary N) is 1. The molecule has 94 valence electrons. The molecule has 2 rings (SSSR count). The van der Waals surface area contributed by atoms with Crippen LogP contribution in [0.3, 0.4) is 0 Å². The van der Waals surface area contributed by atoms with E-state index in [0.29, 0.717) is 12.1 Å². The first-order valence-electron chi connectivity index (χ1n) is 5.61. The van der Waals surface area contributed by atoms with Crippen LogP contribution in [-0.2, 0) is 6.54 Å². The van der Waals surface area contributed by atoms with Crippen LogP contribution in [0.25, 0.3) is 0 Å². The van der Waals surface area contributed by atoms with Gasteiger partial charge < -0.3 is 10.4 Å². The first-order chi connectivity index (χ1) is 8.66. The van der Waals surface area contributed by atoms with Crippen molar-refractivity contribution in [2.75, 3.05) is 0 Å². The molecule has 4 nitrogen and oxygen atoms in total. The van der Waals surface area contributed by atoms with Crippen molar-refractivity contribution >= 4 is 17.3 Å². The number of hydrogen-bond acceptors (Lipinski definition) is 4. The molecule has 0 saturated carbocycles. The van der Waals surface area contributed by atoms with Crippen LogP contribution in [0.2, 0.25) is 0 Å². The maximum Gasteiger partial charge on any atom is 0.336 e. The summed E-state index contributed by atoms with van der Waals surface area (Å²) in [5.74, 6) is -0.875. The van der Waals surface area contributed by atoms with Crippen molar-refractivity contribution in [1.29, 1.82) is 0 Å². The maximum atomic E-state index is 10.8. The minimum absolute atomic E-state index is 0.211. The monoisotopic (exact) mass is 262 g/mol. The molecule has 0 saturated heterocycles. The van der Waals surface area contributed by atoms with Gasteiger partial charge in [-0.15, -0.1) is 11.3 Å². The normalized spacial score (nSPS) is 12.3. The second kappa shape index (κ2) is 5.75. The highest BCUT2D eigenvalue weighted by Crippen LogP contribution is 2.17. The number of carboxylic acids is 1. The lowest BCUT2D eigenvalue weighted by atomic mass is 10.1. The molecule has 0 aromatic carbocycles. The number of aromatic carboxylic acids is 1. The average Bonchev–Trinajstić information content (AvgIpc) is 2.86. The fourth-order valence-corrected chi connectivity index (χ4v) is 2.42. The topological polar surface area (TPSA) is 62.2 Å². The van der Waals surface area contributed by atoms with Gasteiger partial charge in [0.05, 0.1) is 5.56 Å². The van der Waals surface area contributed by atoms with E-state index in [0.717, 1.165) is 4.88 Å². The standard InChI is InChI=1S/C13H14N2O2S/c1-9(10-2-4-14-5-3-10)15-7-12-6-11(8-18-12)13(16)17/h2-6,8-9,15H,7H2,1H3,(H,16,17)/t9-/m0/s1. The van der Waals surface area contributed by atoms with E-state index in [4.69, 9.17) is 5.11 Å². The Morgan fingerprint density at radius 3 is 2.83 bits per heavy atom. The third kappa shape index (κ3) is 3.15. The van der Waals surface area contributed by atoms with Gasteiger partial charge in [-0.05, 0) is 30.7 Å². The summed E-state index contributed by atoms with van der Waals surface area (Å²) < 4.78 is 0. The van der Waals surface area contributed by atoms with E-state index >= 15 is 0 Å². The Labute approximate surface area is 109 Å². The average molecular weight is 262 g/mol. The van der Waals surface area contributed by atoms with Gasteiger partial charge in [0.25, 0.3) is 0 Å². The summed E-state index contributed by atoms with van der Waals surface area (Å²) in [7, 11) is 0. The first kappa shape index (κ1) is 12.7. The van der Waals surface area contributed by atoms with Crippen molar-refractivity contribution in [3.63, 3.8) is 0 Å². The largest absolute Gasteiger partial charge is 0.478 e. The van der Waals surface area contributed by atoms with Crippen LogP contribution in [0.1, 0.15) is 33.8 Å². The summed E-state index contributed by atoms with van der Waals surface area (Å²) >= 11 is 1.46. The molecule has 2 aromatic rings. The van der Waals surface area contributed by atoms with Gasteiger partial charge in [0.15, 0.2) is 0 Å². The number of pyridine rings is 1. The van der Waals surface area contributed by atoms with Crippen molar-refractivity contribution in [1.82, 2.24) is 10.3 Å². The summed E-state index contributed by atoms with van der Waals surface area (Å²) in [4.78, 5) is 15.8. The van der Waals surface area contributed by atoms with Crippen LogP contribution in [0, 0.1) is 0 Å². The lowest BCUT2D eigenvalue weighted by molar-refractivity contribution is 0.0697. The molecule has 0 amide bonds. The number of rotatable bonds is 5. The molecule has 2 N–H and O–H groups in total. The molecule has 0 unspecified atom stereocenters. The fourth-order valence-electron chi connectivity index (χ4n) is 1.61. The molecule has 1 atom stereocenters. The number of carbonyl (C=O) groups is 1. The van der Waals surface area contributed by atoms with Crippen molar-refractivity contribution in [3.05, 3.63) is 52.0 Å². The fraction of sp³-hybridized carbons (Fsp3) is 0.231. The summed E-state index contributed by atoms with van der Waals surface area (Å²) in [6.45, 7) is 2.74. The minimum Gasteiger partial charge on any atom is -0.478 e. The second-order valence-corrected chi connectivity index (χ2v) is 4.99. The maximum absolute atomic E-state index is 10.8. The summed E-state index contributed by atoms with van der Waals surface area (Å²) in [6, 6.07) is 5.85. The van der Waals surface area contributed by atoms with Gasteiger partial charge in [-0.25, -0.2) is 4.79 Å². The van der Waals surface area contributed by atoms with Gasteiger partial charge in [0.1, 0.15) is 0 Å². The Morgan fingerprint density at radius 2 is 2.22 bits per heavy atom. The zero-order valence-electron chi connectivity index (χ0n) is 9.96. The van der Waals surface area contributed by atoms with E-state index in [2.05, 4.69) is 17.2 Å². The lowest BCUT2D eigenvalue weighted by Crippen LogP contribution is -2.17. The molecule has 2 aromatic heterocycles. The van der Waals surface area contributed by atoms with Crippen LogP contribution in [-0.4, -0.2) is 16.1 Å². The highest BCUT2D eigenvalue weighted by molar-refractivity contribution is 7.10. The second-order valence-electron chi connectivity index (χ2n) is 3.99. The number of nitrogens with zero attached hydrogens (tertiary/aromatic N) is 1. The Bertz CT molecular complexity index is 525. The van der Waals surface area contributed by atoms with E-state index in [1.165, 1.54) is 16.9 Å². The van der Waals surface area contributed by atoms with Crippen LogP contribution in [0.4, 0.5) is 0 Å². The van der Waals surface area contributed by atoms with Gasteiger partial charge in [-0.3, -0.25) is 4.98 Å². The van der Waals surface area contributed by atoms with Crippen molar-refractivity contribution in [3.8, 4) is 0 Å². The Hall–Kier alpha value is -1.72. The molecule has 0 spiro atoms. The number of thiophene rings is 1. The van der Waals surface area contributed by atoms with Crippen LogP contribution in [0.15, 0.2) is 36.0 Å². The Kier molecular flexibility index (Phi) is 4.07. The van der Waals surface area contributed by atoms with E-state index in [1.54, 1.807) is 23.8 Å². The molecular weight excluding hydrogens is 248 g/mol. The molecule has 0 radical (unpaired) electrons. The molecule has 2 heterocycles. The summed E-state index contributed by atoms with van der Waals surface area (Å²) in [5, 5.41) is 13.9. The smallest absolute Gasteiger partial charge is 0.336 e. The molecule has 0 aliphatic carbocycles. The van der Waals surface area contributed by atoms with E-state index < -0.39 is 5.97 Å². The highest BCUT2D eigenvalue weighted by Gasteiger charge is 2.08. The van der Waals surface area contributed by atoms with Gasteiger partial charge in [-0.2, -0.15) is 0 Å². The van der Waals surface area contributed by atoms with E-state index in [9.17, 15) is 4.79 Å². The van der Waals surface area contributed by atoms with Crippen LogP contribution >= 0.6 is 11.3 Å². The molecule has 0 aliphatic heterocycles. The van der Waals surface area contributed by atoms with E-state index in [-0.39, 0.29) is 6.04 Å². The predicted octanol–water partition coefficient (Wildman–Crippen LogP) is 2.69. The van der Waals surface area contributed by atoms with Crippen molar-refractivity contribution < 1.29 is 9.90 Å². The third-order valence-corrected chi connectivity index (χ3v) is 3.63. The quantitative estimate of drug-likeness (QED) is 0.869. The molecule has 0 fully saturated rings. The van der Waals surface area contributed by atoms with Gasteiger partial charge in [0.2, 0.25) is 0 Å². The number of aromatic nitrogens is 1. The van der Waals surface area contributed by atoms with Crippen molar-refractivity contribution in [2.45, 2.75) is 19.5 Å². The first-order valence-corrected chi connectivity index (χ1v) is 6.49. The highest BCUT2D eigenvalue weighted by atomic mass is 32.1. The Morgan fingerprint density at radius 1 is 1.50 bits per heavy atom. The van der Waals surface area contributed by atoms with Crippen LogP contribution in [0.5, 0.6) is 0 Å². The van der Waals surface area contributed by atoms with Crippen LogP contribution < -0.4 is 5.32 Å². The SMILES string of the molecule is C[C@H](NCc1cc(C(=O)O)cs1)c1ccncc1. The summed E-state index contributed by atoms with van der Waals surface area (Å²) in [5.41, 5.74) is 1.52. The van der Waals surface area contributed by atoms with E-state index in [1.807, 2.05) is 12.1 Å². The molecule has 0 bridgehead atoms. The third-order valence-electron chi connectivity index (χ3n) is 2.69. The lowest BCUT2D eigenvalue weighted by Gasteiger charge is -2.12. The molecular formula is C13H14N2O2S. The van der Waals surface area contributed by atoms with Crippen molar-refractivity contribution in [2.24, 2.45) is 0 Å². The van der Waals surface area contributed by atoms with Gasteiger partial charge in [-0.1, -0.05) is 0 Å². The zero-order chi connectivity index (χ0) is 13.0. The number of carboxylic acid groups (broad SMARTS) is 1. The predicted molar refractivity (Wildman–Crippen MR) is 70.8 cm³/mol. The zero-order valence-corrected chi connectivity index (χ0v) is 10.8. The Balaban J connectivity index is 1.93. The minimum atomic E-state index is -0.875. The van der Waals surface area contributed by atoms with Gasteiger partial charge >= 0.3 is 5.97 Å².